The highest BCUT2D eigenvalue weighted by Crippen LogP contribution is 2.25. The molecule has 1 aromatic heterocycles. The number of aromatic nitrogens is 1. The van der Waals surface area contributed by atoms with Gasteiger partial charge in [0, 0.05) is 19.5 Å². The van der Waals surface area contributed by atoms with E-state index in [-0.39, 0.29) is 5.91 Å². The minimum Gasteiger partial charge on any atom is -0.357 e. The summed E-state index contributed by atoms with van der Waals surface area (Å²) in [6.07, 6.45) is 9.36. The van der Waals surface area contributed by atoms with E-state index in [0.29, 0.717) is 25.4 Å². The Labute approximate surface area is 126 Å². The molecule has 3 N–H and O–H groups in total. The zero-order valence-corrected chi connectivity index (χ0v) is 12.8. The molecule has 2 rings (SSSR count). The minimum absolute atomic E-state index is 0.00404. The fourth-order valence-electron chi connectivity index (χ4n) is 2.81. The lowest BCUT2D eigenvalue weighted by Gasteiger charge is -2.32. The van der Waals surface area contributed by atoms with E-state index in [9.17, 15) is 4.79 Å². The SMILES string of the molecule is CN(c1ccc(NC(=O)CCCN)cn1)C1CCCCC1. The van der Waals surface area contributed by atoms with Gasteiger partial charge < -0.3 is 16.0 Å². The molecule has 1 amide bonds. The van der Waals surface area contributed by atoms with Crippen LogP contribution in [-0.2, 0) is 4.79 Å². The third kappa shape index (κ3) is 4.70. The maximum Gasteiger partial charge on any atom is 0.224 e. The van der Waals surface area contributed by atoms with E-state index in [2.05, 4.69) is 22.2 Å². The van der Waals surface area contributed by atoms with Crippen LogP contribution in [0.3, 0.4) is 0 Å². The first-order chi connectivity index (χ1) is 10.2. The number of carbonyl (C=O) groups is 1. The number of nitrogens with zero attached hydrogens (tertiary/aromatic N) is 2. The first-order valence-electron chi connectivity index (χ1n) is 7.89. The predicted octanol–water partition coefficient (Wildman–Crippen LogP) is 2.53. The largest absolute Gasteiger partial charge is 0.357 e. The summed E-state index contributed by atoms with van der Waals surface area (Å²) in [4.78, 5) is 18.4. The summed E-state index contributed by atoms with van der Waals surface area (Å²) in [5.74, 6) is 0.970. The summed E-state index contributed by atoms with van der Waals surface area (Å²) < 4.78 is 0. The van der Waals surface area contributed by atoms with Crippen molar-refractivity contribution in [3.8, 4) is 0 Å². The van der Waals surface area contributed by atoms with Crippen molar-refractivity contribution in [2.24, 2.45) is 5.73 Å². The fourth-order valence-corrected chi connectivity index (χ4v) is 2.81. The van der Waals surface area contributed by atoms with Crippen LogP contribution in [0, 0.1) is 0 Å². The van der Waals surface area contributed by atoms with Gasteiger partial charge in [0.1, 0.15) is 5.82 Å². The molecule has 5 heteroatoms. The average Bonchev–Trinajstić information content (AvgIpc) is 2.54. The normalized spacial score (nSPS) is 15.7. The van der Waals surface area contributed by atoms with Gasteiger partial charge in [-0.05, 0) is 37.9 Å². The number of pyridine rings is 1. The van der Waals surface area contributed by atoms with Gasteiger partial charge in [0.2, 0.25) is 5.91 Å². The molecule has 116 valence electrons. The Morgan fingerprint density at radius 2 is 2.14 bits per heavy atom. The monoisotopic (exact) mass is 290 g/mol. The first-order valence-corrected chi connectivity index (χ1v) is 7.89. The molecule has 21 heavy (non-hydrogen) atoms. The van der Waals surface area contributed by atoms with Crippen LogP contribution in [0.15, 0.2) is 18.3 Å². The summed E-state index contributed by atoms with van der Waals surface area (Å²) in [5, 5.41) is 2.85. The van der Waals surface area contributed by atoms with Gasteiger partial charge in [-0.15, -0.1) is 0 Å². The molecule has 1 saturated carbocycles. The molecule has 0 aliphatic heterocycles. The molecule has 0 bridgehead atoms. The van der Waals surface area contributed by atoms with Crippen molar-refractivity contribution in [3.05, 3.63) is 18.3 Å². The number of hydrogen-bond acceptors (Lipinski definition) is 4. The highest BCUT2D eigenvalue weighted by Gasteiger charge is 2.18. The summed E-state index contributed by atoms with van der Waals surface area (Å²) >= 11 is 0. The molecule has 0 saturated heterocycles. The van der Waals surface area contributed by atoms with Crippen LogP contribution in [0.2, 0.25) is 0 Å². The molecule has 1 aliphatic rings. The topological polar surface area (TPSA) is 71.2 Å². The first kappa shape index (κ1) is 15.8. The molecule has 0 atom stereocenters. The Morgan fingerprint density at radius 3 is 2.76 bits per heavy atom. The Hall–Kier alpha value is -1.62. The molecule has 0 aromatic carbocycles. The van der Waals surface area contributed by atoms with Crippen molar-refractivity contribution < 1.29 is 4.79 Å². The quantitative estimate of drug-likeness (QED) is 0.844. The standard InChI is InChI=1S/C16H26N4O/c1-20(14-6-3-2-4-7-14)15-10-9-13(12-18-15)19-16(21)8-5-11-17/h9-10,12,14H,2-8,11,17H2,1H3,(H,19,21). The van der Waals surface area contributed by atoms with Crippen LogP contribution in [-0.4, -0.2) is 30.5 Å². The molecule has 0 radical (unpaired) electrons. The van der Waals surface area contributed by atoms with Crippen molar-refractivity contribution in [2.45, 2.75) is 51.0 Å². The Kier molecular flexibility index (Phi) is 5.99. The average molecular weight is 290 g/mol. The third-order valence-electron chi connectivity index (χ3n) is 4.12. The van der Waals surface area contributed by atoms with Crippen molar-refractivity contribution in [3.63, 3.8) is 0 Å². The second kappa shape index (κ2) is 7.98. The van der Waals surface area contributed by atoms with Crippen LogP contribution in [0.25, 0.3) is 0 Å². The third-order valence-corrected chi connectivity index (χ3v) is 4.12. The van der Waals surface area contributed by atoms with Crippen LogP contribution in [0.1, 0.15) is 44.9 Å². The number of hydrogen-bond donors (Lipinski definition) is 2. The van der Waals surface area contributed by atoms with Crippen molar-refractivity contribution in [1.29, 1.82) is 0 Å². The second-order valence-corrected chi connectivity index (χ2v) is 5.75. The molecule has 1 heterocycles. The Balaban J connectivity index is 1.90. The summed E-state index contributed by atoms with van der Waals surface area (Å²) in [7, 11) is 2.11. The number of nitrogens with one attached hydrogen (secondary N) is 1. The van der Waals surface area contributed by atoms with E-state index in [4.69, 9.17) is 5.73 Å². The number of amides is 1. The summed E-state index contributed by atoms with van der Waals surface area (Å²) in [6.45, 7) is 0.538. The lowest BCUT2D eigenvalue weighted by molar-refractivity contribution is -0.116. The molecule has 1 fully saturated rings. The van der Waals surface area contributed by atoms with Crippen LogP contribution in [0.5, 0.6) is 0 Å². The molecular weight excluding hydrogens is 264 g/mol. The summed E-state index contributed by atoms with van der Waals surface area (Å²) in [5.41, 5.74) is 6.14. The van der Waals surface area contributed by atoms with Crippen LogP contribution in [0.4, 0.5) is 11.5 Å². The van der Waals surface area contributed by atoms with Gasteiger partial charge in [-0.25, -0.2) is 4.98 Å². The minimum atomic E-state index is -0.00404. The smallest absolute Gasteiger partial charge is 0.224 e. The van der Waals surface area contributed by atoms with E-state index in [1.54, 1.807) is 6.20 Å². The lowest BCUT2D eigenvalue weighted by Crippen LogP contribution is -2.33. The summed E-state index contributed by atoms with van der Waals surface area (Å²) in [6, 6.07) is 4.49. The second-order valence-electron chi connectivity index (χ2n) is 5.75. The maximum absolute atomic E-state index is 11.6. The van der Waals surface area contributed by atoms with E-state index in [1.165, 1.54) is 32.1 Å². The van der Waals surface area contributed by atoms with Crippen molar-refractivity contribution in [1.82, 2.24) is 4.98 Å². The van der Waals surface area contributed by atoms with Gasteiger partial charge in [0.15, 0.2) is 0 Å². The number of nitrogens with two attached hydrogens (primary N) is 1. The zero-order valence-electron chi connectivity index (χ0n) is 12.8. The molecular formula is C16H26N4O. The van der Waals surface area contributed by atoms with E-state index >= 15 is 0 Å². The Bertz CT molecular complexity index is 440. The van der Waals surface area contributed by atoms with Gasteiger partial charge in [-0.2, -0.15) is 0 Å². The maximum atomic E-state index is 11.6. The van der Waals surface area contributed by atoms with E-state index in [0.717, 1.165) is 11.5 Å². The highest BCUT2D eigenvalue weighted by atomic mass is 16.1. The van der Waals surface area contributed by atoms with Crippen molar-refractivity contribution in [2.75, 3.05) is 23.8 Å². The molecule has 0 spiro atoms. The number of rotatable bonds is 6. The Morgan fingerprint density at radius 1 is 1.38 bits per heavy atom. The number of carbonyl (C=O) groups excluding carboxylic acids is 1. The van der Waals surface area contributed by atoms with Crippen molar-refractivity contribution >= 4 is 17.4 Å². The molecule has 1 aromatic rings. The molecule has 5 nitrogen and oxygen atoms in total. The lowest BCUT2D eigenvalue weighted by atomic mass is 9.94. The highest BCUT2D eigenvalue weighted by molar-refractivity contribution is 5.90. The van der Waals surface area contributed by atoms with Gasteiger partial charge in [-0.1, -0.05) is 19.3 Å². The number of anilines is 2. The zero-order chi connectivity index (χ0) is 15.1. The van der Waals surface area contributed by atoms with Gasteiger partial charge in [0.25, 0.3) is 0 Å². The van der Waals surface area contributed by atoms with Gasteiger partial charge in [0.05, 0.1) is 11.9 Å². The fraction of sp³-hybridized carbons (Fsp3) is 0.625. The van der Waals surface area contributed by atoms with E-state index < -0.39 is 0 Å². The molecule has 0 unspecified atom stereocenters. The van der Waals surface area contributed by atoms with Crippen LogP contribution < -0.4 is 16.0 Å². The van der Waals surface area contributed by atoms with Gasteiger partial charge >= 0.3 is 0 Å². The molecule has 1 aliphatic carbocycles. The van der Waals surface area contributed by atoms with Crippen LogP contribution >= 0.6 is 0 Å². The van der Waals surface area contributed by atoms with Gasteiger partial charge in [-0.3, -0.25) is 4.79 Å². The van der Waals surface area contributed by atoms with E-state index in [1.807, 2.05) is 12.1 Å². The predicted molar refractivity (Wildman–Crippen MR) is 86.4 cm³/mol.